The van der Waals surface area contributed by atoms with Gasteiger partial charge in [-0.25, -0.2) is 0 Å². The van der Waals surface area contributed by atoms with Crippen LogP contribution in [0.3, 0.4) is 0 Å². The molecule has 1 unspecified atom stereocenters. The van der Waals surface area contributed by atoms with Gasteiger partial charge in [0.1, 0.15) is 11.5 Å². The van der Waals surface area contributed by atoms with E-state index in [1.165, 1.54) is 18.2 Å². The van der Waals surface area contributed by atoms with Crippen LogP contribution in [0.15, 0.2) is 30.3 Å². The second-order valence-corrected chi connectivity index (χ2v) is 4.02. The van der Waals surface area contributed by atoms with Gasteiger partial charge >= 0.3 is 0 Å². The Hall–Kier alpha value is -2.07. The van der Waals surface area contributed by atoms with E-state index in [1.807, 2.05) is 0 Å². The number of fused-ring (bicyclic) bond motifs is 1. The maximum atomic E-state index is 11.9. The summed E-state index contributed by atoms with van der Waals surface area (Å²) in [5, 5.41) is 20.5. The molecule has 4 N–H and O–H groups in total. The zero-order valence-electron chi connectivity index (χ0n) is 9.34. The van der Waals surface area contributed by atoms with Crippen LogP contribution in [0.5, 0.6) is 11.5 Å². The molecule has 0 heterocycles. The first kappa shape index (κ1) is 11.4. The second-order valence-electron chi connectivity index (χ2n) is 4.02. The smallest absolute Gasteiger partial charge is 0.183 e. The lowest BCUT2D eigenvalue weighted by Gasteiger charge is -2.10. The Morgan fingerprint density at radius 1 is 1.24 bits per heavy atom. The van der Waals surface area contributed by atoms with Crippen LogP contribution >= 0.6 is 0 Å². The molecule has 4 nitrogen and oxygen atoms in total. The average molecular weight is 231 g/mol. The van der Waals surface area contributed by atoms with Crippen molar-refractivity contribution in [3.63, 3.8) is 0 Å². The van der Waals surface area contributed by atoms with Gasteiger partial charge in [-0.1, -0.05) is 12.1 Å². The van der Waals surface area contributed by atoms with Crippen molar-refractivity contribution in [3.05, 3.63) is 35.9 Å². The Morgan fingerprint density at radius 2 is 1.88 bits per heavy atom. The molecule has 2 rings (SSSR count). The van der Waals surface area contributed by atoms with E-state index in [0.29, 0.717) is 5.39 Å². The van der Waals surface area contributed by atoms with E-state index < -0.39 is 6.04 Å². The molecule has 0 radical (unpaired) electrons. The molecule has 2 aromatic carbocycles. The van der Waals surface area contributed by atoms with Crippen LogP contribution in [0.4, 0.5) is 0 Å². The lowest BCUT2D eigenvalue weighted by atomic mass is 9.97. The maximum absolute atomic E-state index is 11.9. The van der Waals surface area contributed by atoms with Gasteiger partial charge in [0.15, 0.2) is 5.78 Å². The van der Waals surface area contributed by atoms with Crippen molar-refractivity contribution in [3.8, 4) is 11.5 Å². The van der Waals surface area contributed by atoms with Crippen molar-refractivity contribution < 1.29 is 15.0 Å². The van der Waals surface area contributed by atoms with Crippen LogP contribution in [0.25, 0.3) is 10.8 Å². The first-order chi connectivity index (χ1) is 8.00. The van der Waals surface area contributed by atoms with E-state index in [-0.39, 0.29) is 22.8 Å². The molecule has 0 spiro atoms. The molecule has 0 saturated carbocycles. The zero-order chi connectivity index (χ0) is 12.6. The summed E-state index contributed by atoms with van der Waals surface area (Å²) in [5.74, 6) is -0.425. The van der Waals surface area contributed by atoms with E-state index in [9.17, 15) is 15.0 Å². The fraction of sp³-hybridized carbons (Fsp3) is 0.154. The third kappa shape index (κ3) is 1.94. The first-order valence-corrected chi connectivity index (χ1v) is 5.25. The number of nitrogens with two attached hydrogens (primary N) is 1. The van der Waals surface area contributed by atoms with Gasteiger partial charge in [0.2, 0.25) is 0 Å². The molecule has 0 amide bonds. The highest BCUT2D eigenvalue weighted by Gasteiger charge is 2.18. The molecular weight excluding hydrogens is 218 g/mol. The lowest BCUT2D eigenvalue weighted by molar-refractivity contribution is 0.0967. The van der Waals surface area contributed by atoms with Crippen LogP contribution in [0.1, 0.15) is 17.3 Å². The molecule has 0 bridgehead atoms. The van der Waals surface area contributed by atoms with Crippen LogP contribution in [-0.2, 0) is 0 Å². The largest absolute Gasteiger partial charge is 0.508 e. The van der Waals surface area contributed by atoms with Gasteiger partial charge in [-0.3, -0.25) is 4.79 Å². The number of benzene rings is 2. The van der Waals surface area contributed by atoms with E-state index in [2.05, 4.69) is 0 Å². The van der Waals surface area contributed by atoms with Crippen molar-refractivity contribution in [1.82, 2.24) is 0 Å². The summed E-state index contributed by atoms with van der Waals surface area (Å²) < 4.78 is 0. The number of phenols is 2. The lowest BCUT2D eigenvalue weighted by Crippen LogP contribution is -2.26. The van der Waals surface area contributed by atoms with Crippen LogP contribution in [-0.4, -0.2) is 22.0 Å². The number of hydrogen-bond donors (Lipinski definition) is 3. The summed E-state index contributed by atoms with van der Waals surface area (Å²) in [6.07, 6.45) is 0. The highest BCUT2D eigenvalue weighted by atomic mass is 16.3. The topological polar surface area (TPSA) is 83.6 Å². The van der Waals surface area contributed by atoms with Gasteiger partial charge in [-0.05, 0) is 35.9 Å². The average Bonchev–Trinajstić information content (AvgIpc) is 2.27. The van der Waals surface area contributed by atoms with Crippen molar-refractivity contribution in [2.24, 2.45) is 5.73 Å². The van der Waals surface area contributed by atoms with E-state index >= 15 is 0 Å². The Labute approximate surface area is 98.3 Å². The third-order valence-electron chi connectivity index (χ3n) is 2.64. The minimum Gasteiger partial charge on any atom is -0.508 e. The number of aromatic hydroxyl groups is 2. The fourth-order valence-electron chi connectivity index (χ4n) is 1.78. The van der Waals surface area contributed by atoms with Crippen molar-refractivity contribution in [1.29, 1.82) is 0 Å². The normalized spacial score (nSPS) is 12.6. The van der Waals surface area contributed by atoms with Gasteiger partial charge < -0.3 is 15.9 Å². The molecule has 0 aliphatic heterocycles. The molecule has 0 aromatic heterocycles. The Bertz CT molecular complexity index is 585. The minimum atomic E-state index is -0.700. The van der Waals surface area contributed by atoms with Gasteiger partial charge in [0.25, 0.3) is 0 Å². The number of ketones is 1. The van der Waals surface area contributed by atoms with Gasteiger partial charge in [0, 0.05) is 0 Å². The first-order valence-electron chi connectivity index (χ1n) is 5.25. The number of carbonyl (C=O) groups is 1. The van der Waals surface area contributed by atoms with E-state index in [4.69, 9.17) is 5.73 Å². The van der Waals surface area contributed by atoms with Crippen molar-refractivity contribution in [2.45, 2.75) is 13.0 Å². The molecule has 0 fully saturated rings. The summed E-state index contributed by atoms with van der Waals surface area (Å²) in [6, 6.07) is 7.09. The van der Waals surface area contributed by atoms with Crippen LogP contribution in [0, 0.1) is 0 Å². The zero-order valence-corrected chi connectivity index (χ0v) is 9.34. The Morgan fingerprint density at radius 3 is 2.53 bits per heavy atom. The summed E-state index contributed by atoms with van der Waals surface area (Å²) in [5.41, 5.74) is 5.70. The van der Waals surface area contributed by atoms with Crippen LogP contribution < -0.4 is 5.73 Å². The summed E-state index contributed by atoms with van der Waals surface area (Å²) >= 11 is 0. The van der Waals surface area contributed by atoms with Crippen molar-refractivity contribution >= 4 is 16.6 Å². The highest BCUT2D eigenvalue weighted by molar-refractivity contribution is 6.12. The molecule has 4 heteroatoms. The SMILES string of the molecule is CC(N)C(=O)c1c(O)ccc2ccc(O)cc12. The van der Waals surface area contributed by atoms with Gasteiger partial charge in [0.05, 0.1) is 11.6 Å². The molecule has 0 aliphatic carbocycles. The predicted octanol–water partition coefficient (Wildman–Crippen LogP) is 1.78. The predicted molar refractivity (Wildman–Crippen MR) is 65.3 cm³/mol. The van der Waals surface area contributed by atoms with E-state index in [0.717, 1.165) is 5.39 Å². The molecule has 1 atom stereocenters. The Kier molecular flexibility index (Phi) is 2.73. The third-order valence-corrected chi connectivity index (χ3v) is 2.64. The Balaban J connectivity index is 2.79. The maximum Gasteiger partial charge on any atom is 0.183 e. The van der Waals surface area contributed by atoms with Crippen molar-refractivity contribution in [2.75, 3.05) is 0 Å². The van der Waals surface area contributed by atoms with E-state index in [1.54, 1.807) is 19.1 Å². The van der Waals surface area contributed by atoms with Crippen LogP contribution in [0.2, 0.25) is 0 Å². The number of hydrogen-bond acceptors (Lipinski definition) is 4. The summed E-state index contributed by atoms with van der Waals surface area (Å²) in [6.45, 7) is 1.56. The van der Waals surface area contributed by atoms with Gasteiger partial charge in [-0.2, -0.15) is 0 Å². The standard InChI is InChI=1S/C13H13NO3/c1-7(14)13(17)12-10-6-9(15)4-2-8(10)3-5-11(12)16/h2-7,15-16H,14H2,1H3. The summed E-state index contributed by atoms with van der Waals surface area (Å²) in [7, 11) is 0. The number of Topliss-reactive ketones (excluding diaryl/α,β-unsaturated/α-hetero) is 1. The number of phenolic OH excluding ortho intramolecular Hbond substituents is 2. The van der Waals surface area contributed by atoms with Gasteiger partial charge in [-0.15, -0.1) is 0 Å². The molecular formula is C13H13NO3. The molecule has 2 aromatic rings. The molecule has 17 heavy (non-hydrogen) atoms. The molecule has 88 valence electrons. The molecule has 0 saturated heterocycles. The highest BCUT2D eigenvalue weighted by Crippen LogP contribution is 2.30. The minimum absolute atomic E-state index is 0.0434. The quantitative estimate of drug-likeness (QED) is 0.688. The summed E-state index contributed by atoms with van der Waals surface area (Å²) in [4.78, 5) is 11.9. The number of rotatable bonds is 2. The number of carbonyl (C=O) groups excluding carboxylic acids is 1. The monoisotopic (exact) mass is 231 g/mol. The second kappa shape index (κ2) is 4.07. The fourth-order valence-corrected chi connectivity index (χ4v) is 1.78. The molecule has 0 aliphatic rings.